The van der Waals surface area contributed by atoms with Crippen LogP contribution < -0.4 is 5.32 Å². The summed E-state index contributed by atoms with van der Waals surface area (Å²) in [5.41, 5.74) is 0. The highest BCUT2D eigenvalue weighted by Crippen LogP contribution is 2.29. The summed E-state index contributed by atoms with van der Waals surface area (Å²) in [6.45, 7) is 12.2. The summed E-state index contributed by atoms with van der Waals surface area (Å²) < 4.78 is 0. The summed E-state index contributed by atoms with van der Waals surface area (Å²) in [7, 11) is 0. The maximum absolute atomic E-state index is 3.78. The Hall–Kier alpha value is -0.0800. The lowest BCUT2D eigenvalue weighted by Gasteiger charge is -2.41. The summed E-state index contributed by atoms with van der Waals surface area (Å²) in [5, 5.41) is 3.78. The van der Waals surface area contributed by atoms with Gasteiger partial charge in [0.15, 0.2) is 0 Å². The van der Waals surface area contributed by atoms with Gasteiger partial charge in [0.25, 0.3) is 0 Å². The largest absolute Gasteiger partial charge is 0.312 e. The Labute approximate surface area is 114 Å². The van der Waals surface area contributed by atoms with Crippen LogP contribution in [-0.4, -0.2) is 37.1 Å². The molecule has 2 nitrogen and oxygen atoms in total. The standard InChI is InChI=1S/C16H32N2/c1-4-14-8-16(17-9-13(2)3)12-18(10-14)11-15-6-5-7-15/h13-17H,4-12H2,1-3H3. The molecule has 2 rings (SSSR count). The molecule has 2 atom stereocenters. The summed E-state index contributed by atoms with van der Waals surface area (Å²) >= 11 is 0. The van der Waals surface area contributed by atoms with Crippen LogP contribution in [0.15, 0.2) is 0 Å². The van der Waals surface area contributed by atoms with Crippen LogP contribution in [0.2, 0.25) is 0 Å². The van der Waals surface area contributed by atoms with Crippen LogP contribution >= 0.6 is 0 Å². The summed E-state index contributed by atoms with van der Waals surface area (Å²) in [5.74, 6) is 2.71. The molecule has 2 heteroatoms. The lowest BCUT2D eigenvalue weighted by Crippen LogP contribution is -2.51. The van der Waals surface area contributed by atoms with Crippen LogP contribution in [0.1, 0.15) is 52.9 Å². The van der Waals surface area contributed by atoms with E-state index in [2.05, 4.69) is 31.0 Å². The molecule has 1 saturated heterocycles. The van der Waals surface area contributed by atoms with Crippen LogP contribution in [0.3, 0.4) is 0 Å². The van der Waals surface area contributed by atoms with Gasteiger partial charge in [-0.3, -0.25) is 0 Å². The van der Waals surface area contributed by atoms with E-state index >= 15 is 0 Å². The number of nitrogens with one attached hydrogen (secondary N) is 1. The molecule has 1 heterocycles. The second-order valence-electron chi connectivity index (χ2n) is 7.02. The smallest absolute Gasteiger partial charge is 0.0198 e. The van der Waals surface area contributed by atoms with Crippen molar-refractivity contribution in [3.63, 3.8) is 0 Å². The molecule has 106 valence electrons. The third kappa shape index (κ3) is 4.24. The van der Waals surface area contributed by atoms with E-state index < -0.39 is 0 Å². The Kier molecular flexibility index (Phi) is 5.50. The average Bonchev–Trinajstić information content (AvgIpc) is 2.31. The number of hydrogen-bond donors (Lipinski definition) is 1. The summed E-state index contributed by atoms with van der Waals surface area (Å²) in [6.07, 6.45) is 7.19. The Morgan fingerprint density at radius 2 is 1.94 bits per heavy atom. The van der Waals surface area contributed by atoms with E-state index in [1.165, 1.54) is 58.3 Å². The first-order valence-corrected chi connectivity index (χ1v) is 8.13. The first kappa shape index (κ1) is 14.3. The fourth-order valence-electron chi connectivity index (χ4n) is 3.34. The molecule has 0 radical (unpaired) electrons. The second kappa shape index (κ2) is 6.91. The topological polar surface area (TPSA) is 15.3 Å². The van der Waals surface area contributed by atoms with Crippen LogP contribution in [0.5, 0.6) is 0 Å². The van der Waals surface area contributed by atoms with E-state index in [9.17, 15) is 0 Å². The molecule has 1 N–H and O–H groups in total. The van der Waals surface area contributed by atoms with Crippen molar-refractivity contribution < 1.29 is 0 Å². The number of likely N-dealkylation sites (tertiary alicyclic amines) is 1. The summed E-state index contributed by atoms with van der Waals surface area (Å²) in [4.78, 5) is 2.75. The molecule has 0 aromatic carbocycles. The Balaban J connectivity index is 1.78. The predicted octanol–water partition coefficient (Wildman–Crippen LogP) is 3.13. The van der Waals surface area contributed by atoms with Gasteiger partial charge in [0.2, 0.25) is 0 Å². The maximum atomic E-state index is 3.78. The molecule has 0 aromatic rings. The van der Waals surface area contributed by atoms with Crippen molar-refractivity contribution in [1.29, 1.82) is 0 Å². The monoisotopic (exact) mass is 252 g/mol. The van der Waals surface area contributed by atoms with E-state index in [1.807, 2.05) is 0 Å². The fraction of sp³-hybridized carbons (Fsp3) is 1.00. The van der Waals surface area contributed by atoms with Gasteiger partial charge in [0.05, 0.1) is 0 Å². The highest BCUT2D eigenvalue weighted by Gasteiger charge is 2.29. The van der Waals surface area contributed by atoms with Crippen molar-refractivity contribution in [2.24, 2.45) is 17.8 Å². The van der Waals surface area contributed by atoms with Gasteiger partial charge in [0, 0.05) is 25.7 Å². The third-order valence-corrected chi connectivity index (χ3v) is 4.75. The first-order valence-electron chi connectivity index (χ1n) is 8.13. The molecule has 1 aliphatic heterocycles. The zero-order valence-corrected chi connectivity index (χ0v) is 12.6. The van der Waals surface area contributed by atoms with Crippen LogP contribution in [0, 0.1) is 17.8 Å². The van der Waals surface area contributed by atoms with Crippen LogP contribution in [-0.2, 0) is 0 Å². The van der Waals surface area contributed by atoms with Crippen molar-refractivity contribution in [1.82, 2.24) is 10.2 Å². The maximum Gasteiger partial charge on any atom is 0.0198 e. The third-order valence-electron chi connectivity index (χ3n) is 4.75. The SMILES string of the molecule is CCC1CC(NCC(C)C)CN(CC2CCC2)C1. The Morgan fingerprint density at radius 1 is 1.17 bits per heavy atom. The van der Waals surface area contributed by atoms with Gasteiger partial charge < -0.3 is 10.2 Å². The number of rotatable bonds is 6. The fourth-order valence-corrected chi connectivity index (χ4v) is 3.34. The van der Waals surface area contributed by atoms with Crippen molar-refractivity contribution in [2.75, 3.05) is 26.2 Å². The quantitative estimate of drug-likeness (QED) is 0.781. The van der Waals surface area contributed by atoms with Gasteiger partial charge in [-0.05, 0) is 43.6 Å². The molecular formula is C16H32N2. The van der Waals surface area contributed by atoms with Gasteiger partial charge in [0.1, 0.15) is 0 Å². The lowest BCUT2D eigenvalue weighted by atomic mass is 9.83. The Morgan fingerprint density at radius 3 is 2.50 bits per heavy atom. The van der Waals surface area contributed by atoms with E-state index in [-0.39, 0.29) is 0 Å². The highest BCUT2D eigenvalue weighted by atomic mass is 15.2. The zero-order chi connectivity index (χ0) is 13.0. The van der Waals surface area contributed by atoms with Gasteiger partial charge in [-0.25, -0.2) is 0 Å². The molecule has 2 fully saturated rings. The van der Waals surface area contributed by atoms with Crippen molar-refractivity contribution in [2.45, 2.75) is 58.9 Å². The number of hydrogen-bond acceptors (Lipinski definition) is 2. The van der Waals surface area contributed by atoms with Gasteiger partial charge in [-0.2, -0.15) is 0 Å². The molecule has 0 bridgehead atoms. The molecule has 0 aromatic heterocycles. The van der Waals surface area contributed by atoms with Crippen LogP contribution in [0.4, 0.5) is 0 Å². The van der Waals surface area contributed by atoms with E-state index in [1.54, 1.807) is 0 Å². The van der Waals surface area contributed by atoms with E-state index in [0.29, 0.717) is 0 Å². The van der Waals surface area contributed by atoms with Gasteiger partial charge in [-0.1, -0.05) is 33.6 Å². The second-order valence-corrected chi connectivity index (χ2v) is 7.02. The minimum absolute atomic E-state index is 0.742. The number of piperidine rings is 1. The minimum atomic E-state index is 0.742. The molecule has 2 aliphatic rings. The zero-order valence-electron chi connectivity index (χ0n) is 12.6. The molecule has 18 heavy (non-hydrogen) atoms. The molecule has 0 spiro atoms. The van der Waals surface area contributed by atoms with Crippen LogP contribution in [0.25, 0.3) is 0 Å². The molecule has 1 aliphatic carbocycles. The average molecular weight is 252 g/mol. The van der Waals surface area contributed by atoms with Crippen molar-refractivity contribution >= 4 is 0 Å². The van der Waals surface area contributed by atoms with Crippen molar-refractivity contribution in [3.05, 3.63) is 0 Å². The molecule has 2 unspecified atom stereocenters. The number of nitrogens with zero attached hydrogens (tertiary/aromatic N) is 1. The molecule has 0 amide bonds. The first-order chi connectivity index (χ1) is 8.67. The normalized spacial score (nSPS) is 30.7. The summed E-state index contributed by atoms with van der Waals surface area (Å²) in [6, 6.07) is 0.742. The molecule has 1 saturated carbocycles. The Bertz CT molecular complexity index is 233. The van der Waals surface area contributed by atoms with E-state index in [0.717, 1.165) is 23.8 Å². The minimum Gasteiger partial charge on any atom is -0.312 e. The van der Waals surface area contributed by atoms with E-state index in [4.69, 9.17) is 0 Å². The van der Waals surface area contributed by atoms with Gasteiger partial charge in [-0.15, -0.1) is 0 Å². The highest BCUT2D eigenvalue weighted by molar-refractivity contribution is 4.85. The lowest BCUT2D eigenvalue weighted by molar-refractivity contribution is 0.0994. The predicted molar refractivity (Wildman–Crippen MR) is 78.8 cm³/mol. The van der Waals surface area contributed by atoms with Gasteiger partial charge >= 0.3 is 0 Å². The molecular weight excluding hydrogens is 220 g/mol. The van der Waals surface area contributed by atoms with Crippen molar-refractivity contribution in [3.8, 4) is 0 Å².